The van der Waals surface area contributed by atoms with Crippen molar-refractivity contribution in [1.82, 2.24) is 9.88 Å². The number of nitrogens with zero attached hydrogens (tertiary/aromatic N) is 1. The molecular formula is C27H32N2O4. The lowest BCUT2D eigenvalue weighted by Gasteiger charge is -2.46. The van der Waals surface area contributed by atoms with Crippen LogP contribution >= 0.6 is 0 Å². The zero-order valence-electron chi connectivity index (χ0n) is 19.5. The van der Waals surface area contributed by atoms with Crippen LogP contribution in [-0.4, -0.2) is 38.8 Å². The molecule has 2 aromatic rings. The predicted molar refractivity (Wildman–Crippen MR) is 129 cm³/mol. The fraction of sp³-hybridized carbons (Fsp3) is 0.407. The first-order valence-corrected chi connectivity index (χ1v) is 11.6. The summed E-state index contributed by atoms with van der Waals surface area (Å²) in [6, 6.07) is 11.2. The second-order valence-corrected chi connectivity index (χ2v) is 9.67. The molecule has 4 rings (SSSR count). The number of cyclic esters (lactones) is 1. The highest BCUT2D eigenvalue weighted by atomic mass is 16.6. The molecule has 1 saturated heterocycles. The van der Waals surface area contributed by atoms with Crippen LogP contribution in [0.3, 0.4) is 0 Å². The monoisotopic (exact) mass is 448 g/mol. The van der Waals surface area contributed by atoms with E-state index in [4.69, 9.17) is 4.74 Å². The van der Waals surface area contributed by atoms with Crippen LogP contribution in [-0.2, 0) is 4.74 Å². The summed E-state index contributed by atoms with van der Waals surface area (Å²) >= 11 is 0. The maximum absolute atomic E-state index is 13.2. The molecule has 6 nitrogen and oxygen atoms in total. The topological polar surface area (TPSA) is 82.6 Å². The summed E-state index contributed by atoms with van der Waals surface area (Å²) in [4.78, 5) is 29.2. The largest absolute Gasteiger partial charge is 0.438 e. The van der Waals surface area contributed by atoms with Gasteiger partial charge < -0.3 is 19.7 Å². The summed E-state index contributed by atoms with van der Waals surface area (Å²) < 4.78 is 6.12. The van der Waals surface area contributed by atoms with Gasteiger partial charge in [-0.2, -0.15) is 0 Å². The number of H-pyrrole nitrogens is 1. The van der Waals surface area contributed by atoms with E-state index in [0.29, 0.717) is 19.4 Å². The van der Waals surface area contributed by atoms with Gasteiger partial charge in [0.05, 0.1) is 11.6 Å². The first-order valence-electron chi connectivity index (χ1n) is 11.6. The minimum absolute atomic E-state index is 0.140. The number of pyridine rings is 1. The lowest BCUT2D eigenvalue weighted by Crippen LogP contribution is -2.53. The van der Waals surface area contributed by atoms with Crippen LogP contribution in [0.5, 0.6) is 0 Å². The third kappa shape index (κ3) is 5.11. The molecule has 2 N–H and O–H groups in total. The maximum Gasteiger partial charge on any atom is 0.411 e. The molecule has 0 spiro atoms. The minimum Gasteiger partial charge on any atom is -0.438 e. The minimum atomic E-state index is -0.963. The van der Waals surface area contributed by atoms with E-state index in [1.165, 1.54) is 0 Å². The van der Waals surface area contributed by atoms with Crippen molar-refractivity contribution in [2.24, 2.45) is 0 Å². The SMILES string of the molecule is C[C@@H](c1ccc(-c2cc[nH]c(=O)c2)cc1)N1CC[C@](CC(C)(C)O)(C2=CCCC=C2)OC1=O. The van der Waals surface area contributed by atoms with Crippen LogP contribution in [0.2, 0.25) is 0 Å². The number of aromatic amines is 1. The van der Waals surface area contributed by atoms with Gasteiger partial charge in [0.25, 0.3) is 0 Å². The highest BCUT2D eigenvalue weighted by Crippen LogP contribution is 2.41. The van der Waals surface area contributed by atoms with Crippen LogP contribution in [0.4, 0.5) is 4.79 Å². The molecule has 0 saturated carbocycles. The number of carbonyl (C=O) groups excluding carboxylic acids is 1. The number of aliphatic hydroxyl groups is 1. The molecule has 33 heavy (non-hydrogen) atoms. The van der Waals surface area contributed by atoms with Crippen LogP contribution < -0.4 is 5.56 Å². The Bertz CT molecular complexity index is 1120. The molecule has 2 aliphatic rings. The van der Waals surface area contributed by atoms with Crippen molar-refractivity contribution in [1.29, 1.82) is 0 Å². The Morgan fingerprint density at radius 3 is 2.52 bits per heavy atom. The molecule has 174 valence electrons. The van der Waals surface area contributed by atoms with Crippen molar-refractivity contribution in [3.63, 3.8) is 0 Å². The fourth-order valence-electron chi connectivity index (χ4n) is 4.86. The number of benzene rings is 1. The van der Waals surface area contributed by atoms with Crippen molar-refractivity contribution >= 4 is 6.09 Å². The molecule has 2 heterocycles. The van der Waals surface area contributed by atoms with Gasteiger partial charge in [0.2, 0.25) is 5.56 Å². The second-order valence-electron chi connectivity index (χ2n) is 9.67. The summed E-state index contributed by atoms with van der Waals surface area (Å²) in [5, 5.41) is 10.6. The second kappa shape index (κ2) is 9.02. The number of amides is 1. The van der Waals surface area contributed by atoms with Crippen molar-refractivity contribution < 1.29 is 14.6 Å². The molecule has 0 radical (unpaired) electrons. The number of ether oxygens (including phenoxy) is 1. The lowest BCUT2D eigenvalue weighted by molar-refractivity contribution is -0.0748. The quantitative estimate of drug-likeness (QED) is 0.642. The highest BCUT2D eigenvalue weighted by molar-refractivity contribution is 5.71. The number of aromatic nitrogens is 1. The van der Waals surface area contributed by atoms with E-state index < -0.39 is 11.2 Å². The third-order valence-electron chi connectivity index (χ3n) is 6.48. The van der Waals surface area contributed by atoms with Gasteiger partial charge in [0, 0.05) is 31.6 Å². The van der Waals surface area contributed by atoms with E-state index in [1.54, 1.807) is 31.0 Å². The molecule has 6 heteroatoms. The van der Waals surface area contributed by atoms with E-state index in [2.05, 4.69) is 17.1 Å². The van der Waals surface area contributed by atoms with Gasteiger partial charge in [0.15, 0.2) is 0 Å². The number of nitrogens with one attached hydrogen (secondary N) is 1. The number of rotatable bonds is 6. The van der Waals surface area contributed by atoms with Gasteiger partial charge in [0.1, 0.15) is 5.60 Å². The standard InChI is InChI=1S/C27H32N2O4/c1-19(20-9-11-21(12-10-20)22-13-15-28-24(30)17-22)29-16-14-27(33-25(29)31,18-26(2,3)32)23-7-5-4-6-8-23/h5,7-13,15,17,19,32H,4,6,14,16,18H2,1-3H3,(H,28,30)/t19-,27-/m0/s1. The average Bonchev–Trinajstić information content (AvgIpc) is 2.78. The van der Waals surface area contributed by atoms with E-state index in [1.807, 2.05) is 43.3 Å². The van der Waals surface area contributed by atoms with Crippen LogP contribution in [0.1, 0.15) is 58.1 Å². The molecule has 0 unspecified atom stereocenters. The van der Waals surface area contributed by atoms with E-state index >= 15 is 0 Å². The van der Waals surface area contributed by atoms with Gasteiger partial charge in [-0.05, 0) is 61.9 Å². The van der Waals surface area contributed by atoms with E-state index in [9.17, 15) is 14.7 Å². The zero-order valence-corrected chi connectivity index (χ0v) is 19.5. The summed E-state index contributed by atoms with van der Waals surface area (Å²) in [5.41, 5.74) is 1.85. The smallest absolute Gasteiger partial charge is 0.411 e. The molecule has 0 bridgehead atoms. The van der Waals surface area contributed by atoms with Crippen molar-refractivity contribution in [3.8, 4) is 11.1 Å². The number of allylic oxidation sites excluding steroid dienone is 2. The molecule has 1 aliphatic heterocycles. The van der Waals surface area contributed by atoms with Gasteiger partial charge in [-0.25, -0.2) is 4.79 Å². The summed E-state index contributed by atoms with van der Waals surface area (Å²) in [6.45, 7) is 6.04. The molecule has 1 amide bonds. The highest BCUT2D eigenvalue weighted by Gasteiger charge is 2.47. The van der Waals surface area contributed by atoms with Gasteiger partial charge in [-0.1, -0.05) is 42.5 Å². The van der Waals surface area contributed by atoms with E-state index in [0.717, 1.165) is 35.1 Å². The Hall–Kier alpha value is -3.12. The number of hydrogen-bond donors (Lipinski definition) is 2. The van der Waals surface area contributed by atoms with Crippen LogP contribution in [0.25, 0.3) is 11.1 Å². The lowest BCUT2D eigenvalue weighted by atomic mass is 9.78. The van der Waals surface area contributed by atoms with Crippen LogP contribution in [0.15, 0.2) is 71.2 Å². The van der Waals surface area contributed by atoms with Crippen molar-refractivity contribution in [3.05, 3.63) is 82.3 Å². The Balaban J connectivity index is 1.53. The van der Waals surface area contributed by atoms with Crippen molar-refractivity contribution in [2.45, 2.75) is 63.7 Å². The molecule has 2 atom stereocenters. The Kier molecular flexibility index (Phi) is 6.30. The van der Waals surface area contributed by atoms with Gasteiger partial charge in [-0.15, -0.1) is 0 Å². The predicted octanol–water partition coefficient (Wildman–Crippen LogP) is 5.12. The normalized spacial score (nSPS) is 22.0. The van der Waals surface area contributed by atoms with Crippen molar-refractivity contribution in [2.75, 3.05) is 6.54 Å². The fourth-order valence-corrected chi connectivity index (χ4v) is 4.86. The molecule has 1 aromatic heterocycles. The third-order valence-corrected chi connectivity index (χ3v) is 6.48. The average molecular weight is 449 g/mol. The van der Waals surface area contributed by atoms with Crippen LogP contribution in [0, 0.1) is 0 Å². The molecule has 1 aromatic carbocycles. The first-order chi connectivity index (χ1) is 15.7. The summed E-state index contributed by atoms with van der Waals surface area (Å²) in [7, 11) is 0. The molecule has 1 fully saturated rings. The molecular weight excluding hydrogens is 416 g/mol. The summed E-state index contributed by atoms with van der Waals surface area (Å²) in [5.74, 6) is 0. The Morgan fingerprint density at radius 2 is 1.91 bits per heavy atom. The van der Waals surface area contributed by atoms with E-state index in [-0.39, 0.29) is 17.7 Å². The molecule has 1 aliphatic carbocycles. The Labute approximate surface area is 194 Å². The summed E-state index contributed by atoms with van der Waals surface area (Å²) in [6.07, 6.45) is 10.4. The van der Waals surface area contributed by atoms with Gasteiger partial charge >= 0.3 is 6.09 Å². The van der Waals surface area contributed by atoms with Gasteiger partial charge in [-0.3, -0.25) is 4.79 Å². The number of carbonyl (C=O) groups is 1. The maximum atomic E-state index is 13.2. The zero-order chi connectivity index (χ0) is 23.6. The first kappa shape index (κ1) is 23.1. The number of hydrogen-bond acceptors (Lipinski definition) is 4. The Morgan fingerprint density at radius 1 is 1.15 bits per heavy atom.